The molecule has 4 rings (SSSR count). The van der Waals surface area contributed by atoms with Gasteiger partial charge in [-0.3, -0.25) is 4.98 Å². The van der Waals surface area contributed by atoms with Crippen LogP contribution in [-0.2, 0) is 0 Å². The van der Waals surface area contributed by atoms with E-state index in [1.165, 1.54) is 0 Å². The number of H-pyrrole nitrogens is 1. The van der Waals surface area contributed by atoms with Crippen LogP contribution in [0, 0.1) is 0 Å². The predicted octanol–water partition coefficient (Wildman–Crippen LogP) is 5.65. The Kier molecular flexibility index (Phi) is 3.88. The minimum Gasteiger partial charge on any atom is -0.338 e. The number of aromatic amines is 1. The zero-order chi connectivity index (χ0) is 16.7. The summed E-state index contributed by atoms with van der Waals surface area (Å²) in [5.74, 6) is 0.736. The van der Waals surface area contributed by atoms with E-state index in [1.54, 1.807) is 24.5 Å². The molecule has 2 heterocycles. The van der Waals surface area contributed by atoms with Gasteiger partial charge in [-0.25, -0.2) is 9.97 Å². The minimum absolute atomic E-state index is 0.373. The molecule has 7 heteroatoms. The summed E-state index contributed by atoms with van der Waals surface area (Å²) in [5, 5.41) is 1.35. The van der Waals surface area contributed by atoms with Gasteiger partial charge in [0.25, 0.3) is 0 Å². The molecule has 0 atom stereocenters. The first-order valence-corrected chi connectivity index (χ1v) is 8.17. The lowest BCUT2D eigenvalue weighted by molar-refractivity contribution is 1.20. The van der Waals surface area contributed by atoms with Crippen LogP contribution in [0.25, 0.3) is 33.7 Å². The molecule has 4 aromatic rings. The molecular weight excluding hydrogens is 367 g/mol. The van der Waals surface area contributed by atoms with Crippen LogP contribution < -0.4 is 0 Å². The van der Waals surface area contributed by atoms with E-state index in [1.807, 2.05) is 24.3 Å². The lowest BCUT2D eigenvalue weighted by atomic mass is 10.1. The smallest absolute Gasteiger partial charge is 0.155 e. The van der Waals surface area contributed by atoms with Gasteiger partial charge in [0.15, 0.2) is 5.15 Å². The highest BCUT2D eigenvalue weighted by atomic mass is 35.5. The maximum Gasteiger partial charge on any atom is 0.155 e. The normalized spacial score (nSPS) is 11.1. The molecule has 118 valence electrons. The van der Waals surface area contributed by atoms with Gasteiger partial charge in [-0.05, 0) is 12.1 Å². The van der Waals surface area contributed by atoms with Gasteiger partial charge in [0.2, 0.25) is 0 Å². The molecule has 0 spiro atoms. The highest BCUT2D eigenvalue weighted by Gasteiger charge is 2.10. The average molecular weight is 376 g/mol. The minimum atomic E-state index is 0.373. The van der Waals surface area contributed by atoms with Crippen LogP contribution in [0.4, 0.5) is 0 Å². The summed E-state index contributed by atoms with van der Waals surface area (Å²) < 4.78 is 0. The SMILES string of the molecule is Clc1cc2nc(-c3ccc(-c4nccnc4Cl)cc3)[nH]c2cc1Cl. The van der Waals surface area contributed by atoms with Crippen molar-refractivity contribution in [1.29, 1.82) is 0 Å². The van der Waals surface area contributed by atoms with Crippen molar-refractivity contribution < 1.29 is 0 Å². The molecule has 0 radical (unpaired) electrons. The van der Waals surface area contributed by atoms with Crippen LogP contribution >= 0.6 is 34.8 Å². The Balaban J connectivity index is 1.74. The number of nitrogens with one attached hydrogen (secondary N) is 1. The number of fused-ring (bicyclic) bond motifs is 1. The fraction of sp³-hybridized carbons (Fsp3) is 0. The summed E-state index contributed by atoms with van der Waals surface area (Å²) in [6, 6.07) is 11.3. The zero-order valence-corrected chi connectivity index (χ0v) is 14.4. The van der Waals surface area contributed by atoms with E-state index < -0.39 is 0 Å². The average Bonchev–Trinajstić information content (AvgIpc) is 2.99. The number of aromatic nitrogens is 4. The van der Waals surface area contributed by atoms with Crippen molar-refractivity contribution in [2.75, 3.05) is 0 Å². The number of halogens is 3. The van der Waals surface area contributed by atoms with E-state index >= 15 is 0 Å². The van der Waals surface area contributed by atoms with E-state index in [-0.39, 0.29) is 0 Å². The highest BCUT2D eigenvalue weighted by Crippen LogP contribution is 2.30. The van der Waals surface area contributed by atoms with Crippen LogP contribution in [0.2, 0.25) is 15.2 Å². The summed E-state index contributed by atoms with van der Waals surface area (Å²) >= 11 is 18.2. The molecular formula is C17H9Cl3N4. The predicted molar refractivity (Wildman–Crippen MR) is 97.6 cm³/mol. The van der Waals surface area contributed by atoms with Crippen molar-refractivity contribution in [1.82, 2.24) is 19.9 Å². The molecule has 0 aliphatic rings. The van der Waals surface area contributed by atoms with Gasteiger partial charge in [-0.2, -0.15) is 0 Å². The van der Waals surface area contributed by atoms with Crippen LogP contribution in [0.15, 0.2) is 48.8 Å². The monoisotopic (exact) mass is 374 g/mol. The van der Waals surface area contributed by atoms with E-state index in [4.69, 9.17) is 34.8 Å². The Morgan fingerprint density at radius 3 is 2.21 bits per heavy atom. The second kappa shape index (κ2) is 6.06. The molecule has 2 aromatic carbocycles. The summed E-state index contributed by atoms with van der Waals surface area (Å²) in [6.45, 7) is 0. The maximum absolute atomic E-state index is 6.08. The van der Waals surface area contributed by atoms with Gasteiger partial charge >= 0.3 is 0 Å². The zero-order valence-electron chi connectivity index (χ0n) is 12.1. The second-order valence-corrected chi connectivity index (χ2v) is 6.31. The number of rotatable bonds is 2. The van der Waals surface area contributed by atoms with Gasteiger partial charge in [-0.15, -0.1) is 0 Å². The third-order valence-corrected chi connectivity index (χ3v) is 4.61. The van der Waals surface area contributed by atoms with Crippen LogP contribution in [-0.4, -0.2) is 19.9 Å². The first-order chi connectivity index (χ1) is 11.6. The molecule has 1 N–H and O–H groups in total. The Hall–Kier alpha value is -2.14. The van der Waals surface area contributed by atoms with Crippen molar-refractivity contribution in [2.24, 2.45) is 0 Å². The van der Waals surface area contributed by atoms with Gasteiger partial charge < -0.3 is 4.98 Å². The number of hydrogen-bond acceptors (Lipinski definition) is 3. The Morgan fingerprint density at radius 2 is 1.46 bits per heavy atom. The standard InChI is InChI=1S/C17H9Cl3N4/c18-11-7-13-14(8-12(11)19)24-17(23-13)10-3-1-9(2-4-10)15-16(20)22-6-5-21-15/h1-8H,(H,23,24). The fourth-order valence-corrected chi connectivity index (χ4v) is 2.98. The van der Waals surface area contributed by atoms with E-state index in [9.17, 15) is 0 Å². The molecule has 0 aliphatic heterocycles. The van der Waals surface area contributed by atoms with Crippen molar-refractivity contribution in [3.05, 3.63) is 64.0 Å². The molecule has 0 bridgehead atoms. The van der Waals surface area contributed by atoms with Crippen molar-refractivity contribution in [2.45, 2.75) is 0 Å². The quantitative estimate of drug-likeness (QED) is 0.493. The summed E-state index contributed by atoms with van der Waals surface area (Å²) in [6.07, 6.45) is 3.17. The maximum atomic E-state index is 6.08. The Morgan fingerprint density at radius 1 is 0.792 bits per heavy atom. The topological polar surface area (TPSA) is 54.5 Å². The lowest BCUT2D eigenvalue weighted by Crippen LogP contribution is -1.87. The number of nitrogens with zero attached hydrogens (tertiary/aromatic N) is 3. The number of benzene rings is 2. The molecule has 0 fully saturated rings. The van der Waals surface area contributed by atoms with Crippen LogP contribution in [0.3, 0.4) is 0 Å². The number of hydrogen-bond donors (Lipinski definition) is 1. The first kappa shape index (κ1) is 15.4. The van der Waals surface area contributed by atoms with Gasteiger partial charge in [0.05, 0.1) is 21.1 Å². The summed E-state index contributed by atoms with van der Waals surface area (Å²) in [5.41, 5.74) is 4.07. The summed E-state index contributed by atoms with van der Waals surface area (Å²) in [4.78, 5) is 16.1. The fourth-order valence-electron chi connectivity index (χ4n) is 2.44. The third kappa shape index (κ3) is 2.73. The second-order valence-electron chi connectivity index (χ2n) is 5.14. The Bertz CT molecular complexity index is 1000. The van der Waals surface area contributed by atoms with Crippen molar-refractivity contribution in [3.8, 4) is 22.6 Å². The third-order valence-electron chi connectivity index (χ3n) is 3.61. The lowest BCUT2D eigenvalue weighted by Gasteiger charge is -2.03. The molecule has 4 nitrogen and oxygen atoms in total. The van der Waals surface area contributed by atoms with Gasteiger partial charge in [-0.1, -0.05) is 59.1 Å². The first-order valence-electron chi connectivity index (χ1n) is 7.04. The molecule has 24 heavy (non-hydrogen) atoms. The molecule has 0 amide bonds. The van der Waals surface area contributed by atoms with Crippen molar-refractivity contribution in [3.63, 3.8) is 0 Å². The van der Waals surface area contributed by atoms with Crippen LogP contribution in [0.5, 0.6) is 0 Å². The molecule has 2 aromatic heterocycles. The molecule has 0 saturated carbocycles. The van der Waals surface area contributed by atoms with Gasteiger partial charge in [0.1, 0.15) is 11.5 Å². The van der Waals surface area contributed by atoms with Gasteiger partial charge in [0, 0.05) is 23.5 Å². The van der Waals surface area contributed by atoms with Crippen molar-refractivity contribution >= 4 is 45.8 Å². The molecule has 0 aliphatic carbocycles. The largest absolute Gasteiger partial charge is 0.338 e. The summed E-state index contributed by atoms with van der Waals surface area (Å²) in [7, 11) is 0. The highest BCUT2D eigenvalue weighted by molar-refractivity contribution is 6.42. The van der Waals surface area contributed by atoms with Crippen LogP contribution in [0.1, 0.15) is 0 Å². The molecule has 0 unspecified atom stereocenters. The van der Waals surface area contributed by atoms with E-state index in [0.29, 0.717) is 20.9 Å². The molecule has 0 saturated heterocycles. The Labute approximate surface area is 152 Å². The van der Waals surface area contributed by atoms with E-state index in [0.717, 1.165) is 28.0 Å². The number of imidazole rings is 1. The van der Waals surface area contributed by atoms with E-state index in [2.05, 4.69) is 19.9 Å².